The van der Waals surface area contributed by atoms with Gasteiger partial charge in [-0.05, 0) is 35.4 Å². The van der Waals surface area contributed by atoms with Gasteiger partial charge in [0.1, 0.15) is 5.75 Å². The van der Waals surface area contributed by atoms with Crippen molar-refractivity contribution in [2.75, 3.05) is 19.5 Å². The number of aliphatic hydroxyl groups is 1. The minimum Gasteiger partial charge on any atom is -0.497 e. The van der Waals surface area contributed by atoms with Gasteiger partial charge in [-0.1, -0.05) is 60.7 Å². The summed E-state index contributed by atoms with van der Waals surface area (Å²) in [7, 11) is 2.86. The molecule has 1 heterocycles. The summed E-state index contributed by atoms with van der Waals surface area (Å²) in [5, 5.41) is 14.1. The Morgan fingerprint density at radius 1 is 0.944 bits per heavy atom. The van der Waals surface area contributed by atoms with E-state index in [9.17, 15) is 14.7 Å². The molecule has 0 bridgehead atoms. The van der Waals surface area contributed by atoms with Crippen LogP contribution in [-0.4, -0.2) is 60.4 Å². The highest BCUT2D eigenvalue weighted by atomic mass is 16.6. The first-order chi connectivity index (χ1) is 17.5. The molecule has 0 unspecified atom stereocenters. The molecule has 1 aliphatic heterocycles. The van der Waals surface area contributed by atoms with E-state index in [2.05, 4.69) is 5.32 Å². The molecule has 2 N–H and O–H groups in total. The van der Waals surface area contributed by atoms with Crippen molar-refractivity contribution in [2.24, 2.45) is 0 Å². The molecule has 188 valence electrons. The number of likely N-dealkylation sites (tertiary alicyclic amines) is 1. The monoisotopic (exact) mass is 490 g/mol. The number of hydrogen-bond acceptors (Lipinski definition) is 7. The van der Waals surface area contributed by atoms with Crippen molar-refractivity contribution < 1.29 is 28.9 Å². The lowest BCUT2D eigenvalue weighted by atomic mass is 9.86. The summed E-state index contributed by atoms with van der Waals surface area (Å²) < 4.78 is 16.4. The molecule has 36 heavy (non-hydrogen) atoms. The molecule has 1 amide bonds. The van der Waals surface area contributed by atoms with Gasteiger partial charge in [-0.3, -0.25) is 4.79 Å². The molecular weight excluding hydrogens is 460 g/mol. The van der Waals surface area contributed by atoms with Crippen LogP contribution in [0.4, 0.5) is 5.69 Å². The first kappa shape index (κ1) is 25.2. The first-order valence-electron chi connectivity index (χ1n) is 11.7. The van der Waals surface area contributed by atoms with E-state index < -0.39 is 36.2 Å². The molecule has 8 nitrogen and oxygen atoms in total. The SMILES string of the molecule is COC(=O)[C@H](OCc1ccccc1)[C@@H](Nc1ccc(OC)cc1)[C@H]1[C@@H](O)C(=O)N1Cc1ccccc1. The van der Waals surface area contributed by atoms with E-state index >= 15 is 0 Å². The van der Waals surface area contributed by atoms with Gasteiger partial charge in [0, 0.05) is 12.2 Å². The molecule has 3 aromatic rings. The number of aliphatic hydroxyl groups excluding tert-OH is 1. The third-order valence-corrected chi connectivity index (χ3v) is 6.24. The van der Waals surface area contributed by atoms with Crippen LogP contribution in [0.3, 0.4) is 0 Å². The molecule has 0 saturated carbocycles. The second-order valence-electron chi connectivity index (χ2n) is 8.53. The molecule has 4 atom stereocenters. The summed E-state index contributed by atoms with van der Waals surface area (Å²) in [5.74, 6) is -0.341. The van der Waals surface area contributed by atoms with Crippen LogP contribution in [0, 0.1) is 0 Å². The number of rotatable bonds is 11. The van der Waals surface area contributed by atoms with E-state index in [4.69, 9.17) is 14.2 Å². The number of carbonyl (C=O) groups is 2. The number of benzene rings is 3. The van der Waals surface area contributed by atoms with Gasteiger partial charge in [-0.15, -0.1) is 0 Å². The second kappa shape index (κ2) is 11.7. The lowest BCUT2D eigenvalue weighted by molar-refractivity contribution is -0.177. The van der Waals surface area contributed by atoms with Gasteiger partial charge in [-0.2, -0.15) is 0 Å². The fraction of sp³-hybridized carbons (Fsp3) is 0.286. The third-order valence-electron chi connectivity index (χ3n) is 6.24. The number of esters is 1. The zero-order valence-corrected chi connectivity index (χ0v) is 20.2. The fourth-order valence-corrected chi connectivity index (χ4v) is 4.32. The van der Waals surface area contributed by atoms with E-state index in [0.717, 1.165) is 11.1 Å². The van der Waals surface area contributed by atoms with Crippen molar-refractivity contribution in [2.45, 2.75) is 37.4 Å². The molecule has 1 aliphatic rings. The van der Waals surface area contributed by atoms with Gasteiger partial charge < -0.3 is 29.5 Å². The van der Waals surface area contributed by atoms with Crippen molar-refractivity contribution >= 4 is 17.6 Å². The minimum atomic E-state index is -1.29. The van der Waals surface area contributed by atoms with Gasteiger partial charge in [0.2, 0.25) is 0 Å². The van der Waals surface area contributed by atoms with Gasteiger partial charge in [0.15, 0.2) is 12.2 Å². The average molecular weight is 491 g/mol. The Bertz CT molecular complexity index is 1140. The van der Waals surface area contributed by atoms with E-state index in [0.29, 0.717) is 11.4 Å². The highest BCUT2D eigenvalue weighted by Crippen LogP contribution is 2.31. The lowest BCUT2D eigenvalue weighted by Crippen LogP contribution is -2.72. The number of nitrogens with zero attached hydrogens (tertiary/aromatic N) is 1. The summed E-state index contributed by atoms with van der Waals surface area (Å²) in [6.07, 6.45) is -2.40. The summed E-state index contributed by atoms with van der Waals surface area (Å²) >= 11 is 0. The topological polar surface area (TPSA) is 97.3 Å². The van der Waals surface area contributed by atoms with Crippen molar-refractivity contribution in [3.8, 4) is 5.75 Å². The summed E-state index contributed by atoms with van der Waals surface area (Å²) in [5.41, 5.74) is 2.45. The third kappa shape index (κ3) is 5.67. The molecule has 0 aromatic heterocycles. The quantitative estimate of drug-likeness (QED) is 0.315. The fourth-order valence-electron chi connectivity index (χ4n) is 4.32. The average Bonchev–Trinajstić information content (AvgIpc) is 2.93. The van der Waals surface area contributed by atoms with Crippen molar-refractivity contribution in [3.63, 3.8) is 0 Å². The molecule has 0 spiro atoms. The van der Waals surface area contributed by atoms with Gasteiger partial charge in [0.05, 0.1) is 32.9 Å². The smallest absolute Gasteiger partial charge is 0.337 e. The second-order valence-corrected chi connectivity index (χ2v) is 8.53. The van der Waals surface area contributed by atoms with Crippen molar-refractivity contribution in [1.82, 2.24) is 4.90 Å². The Morgan fingerprint density at radius 2 is 1.56 bits per heavy atom. The highest BCUT2D eigenvalue weighted by Gasteiger charge is 2.54. The molecule has 1 fully saturated rings. The molecule has 3 aromatic carbocycles. The highest BCUT2D eigenvalue weighted by molar-refractivity contribution is 5.89. The largest absolute Gasteiger partial charge is 0.497 e. The Morgan fingerprint density at radius 3 is 2.14 bits per heavy atom. The van der Waals surface area contributed by atoms with Crippen LogP contribution < -0.4 is 10.1 Å². The number of nitrogens with one attached hydrogen (secondary N) is 1. The van der Waals surface area contributed by atoms with Crippen LogP contribution in [0.2, 0.25) is 0 Å². The Hall–Kier alpha value is -3.88. The molecular formula is C28H30N2O6. The summed E-state index contributed by atoms with van der Waals surface area (Å²) in [6.45, 7) is 0.436. The van der Waals surface area contributed by atoms with Gasteiger partial charge >= 0.3 is 5.97 Å². The molecule has 8 heteroatoms. The summed E-state index contributed by atoms with van der Waals surface area (Å²) in [6, 6.07) is 24.6. The number of amides is 1. The maximum absolute atomic E-state index is 13.0. The van der Waals surface area contributed by atoms with E-state index in [1.807, 2.05) is 60.7 Å². The molecule has 1 saturated heterocycles. The maximum Gasteiger partial charge on any atom is 0.337 e. The van der Waals surface area contributed by atoms with E-state index in [1.165, 1.54) is 7.11 Å². The standard InChI is InChI=1S/C28H30N2O6/c1-34-22-15-13-21(14-16-22)29-23(26(28(33)35-2)36-18-20-11-7-4-8-12-20)24-25(31)27(32)30(24)17-19-9-5-3-6-10-19/h3-16,23-26,29,31H,17-18H2,1-2H3/t23-,24-,25+,26+/m0/s1. The van der Waals surface area contributed by atoms with Gasteiger partial charge in [0.25, 0.3) is 5.91 Å². The lowest BCUT2D eigenvalue weighted by Gasteiger charge is -2.49. The maximum atomic E-state index is 13.0. The number of β-lactam (4-membered cyclic amide) rings is 1. The van der Waals surface area contributed by atoms with Crippen LogP contribution in [0.15, 0.2) is 84.9 Å². The zero-order valence-electron chi connectivity index (χ0n) is 20.2. The number of carbonyl (C=O) groups excluding carboxylic acids is 2. The number of hydrogen-bond donors (Lipinski definition) is 2. The normalized spacial score (nSPS) is 18.6. The van der Waals surface area contributed by atoms with E-state index in [1.54, 1.807) is 36.3 Å². The Balaban J connectivity index is 1.65. The van der Waals surface area contributed by atoms with Crippen LogP contribution in [0.5, 0.6) is 5.75 Å². The van der Waals surface area contributed by atoms with Gasteiger partial charge in [-0.25, -0.2) is 4.79 Å². The van der Waals surface area contributed by atoms with Crippen molar-refractivity contribution in [1.29, 1.82) is 0 Å². The molecule has 0 radical (unpaired) electrons. The predicted octanol–water partition coefficient (Wildman–Crippen LogP) is 3.01. The van der Waals surface area contributed by atoms with Crippen molar-refractivity contribution in [3.05, 3.63) is 96.1 Å². The molecule has 0 aliphatic carbocycles. The number of ether oxygens (including phenoxy) is 3. The van der Waals surface area contributed by atoms with Crippen LogP contribution in [0.25, 0.3) is 0 Å². The predicted molar refractivity (Wildman–Crippen MR) is 134 cm³/mol. The summed E-state index contributed by atoms with van der Waals surface area (Å²) in [4.78, 5) is 27.3. The Kier molecular flexibility index (Phi) is 8.20. The van der Waals surface area contributed by atoms with Crippen LogP contribution >= 0.6 is 0 Å². The molecule has 4 rings (SSSR count). The number of anilines is 1. The number of methoxy groups -OCH3 is 2. The minimum absolute atomic E-state index is 0.150. The van der Waals surface area contributed by atoms with E-state index in [-0.39, 0.29) is 13.2 Å². The Labute approximate surface area is 210 Å². The van der Waals surface area contributed by atoms with Crippen LogP contribution in [-0.2, 0) is 32.2 Å². The van der Waals surface area contributed by atoms with Crippen LogP contribution in [0.1, 0.15) is 11.1 Å². The zero-order chi connectivity index (χ0) is 25.5. The first-order valence-corrected chi connectivity index (χ1v) is 11.7.